The topological polar surface area (TPSA) is 153 Å². The number of non-ortho nitro benzene ring substituents is 1. The molecule has 2 rings (SSSR count). The molecule has 1 amide bonds. The quantitative estimate of drug-likeness (QED) is 0.224. The van der Waals surface area contributed by atoms with Crippen LogP contribution in [0.25, 0.3) is 0 Å². The van der Waals surface area contributed by atoms with Gasteiger partial charge in [0, 0.05) is 32.1 Å². The van der Waals surface area contributed by atoms with E-state index < -0.39 is 16.9 Å². The highest BCUT2D eigenvalue weighted by Gasteiger charge is 2.17. The van der Waals surface area contributed by atoms with Gasteiger partial charge in [0.05, 0.1) is 54.7 Å². The van der Waals surface area contributed by atoms with Crippen LogP contribution in [0.2, 0.25) is 0 Å². The summed E-state index contributed by atoms with van der Waals surface area (Å²) in [6.07, 6.45) is 0.136. The van der Waals surface area contributed by atoms with Crippen molar-refractivity contribution in [2.75, 3.05) is 37.5 Å². The second-order valence-electron chi connectivity index (χ2n) is 7.00. The molecular weight excluding hydrogens is 446 g/mol. The number of nitrogens with one attached hydrogen (secondary N) is 1. The van der Waals surface area contributed by atoms with Gasteiger partial charge in [-0.25, -0.2) is 0 Å². The first-order valence-electron chi connectivity index (χ1n) is 10.2. The van der Waals surface area contributed by atoms with Gasteiger partial charge in [0.25, 0.3) is 5.69 Å². The van der Waals surface area contributed by atoms with E-state index in [1.165, 1.54) is 45.4 Å². The number of carbonyl (C=O) groups excluding carboxylic acids is 3. The van der Waals surface area contributed by atoms with E-state index in [9.17, 15) is 24.5 Å². The Hall–Kier alpha value is -4.35. The molecule has 0 radical (unpaired) electrons. The van der Waals surface area contributed by atoms with Crippen LogP contribution in [-0.2, 0) is 23.9 Å². The highest BCUT2D eigenvalue weighted by Crippen LogP contribution is 2.32. The number of benzene rings is 2. The maximum atomic E-state index is 11.8. The normalized spacial score (nSPS) is 10.6. The van der Waals surface area contributed by atoms with Crippen LogP contribution in [-0.4, -0.2) is 50.1 Å². The van der Waals surface area contributed by atoms with Crippen LogP contribution < -0.4 is 10.2 Å². The largest absolute Gasteiger partial charge is 0.469 e. The molecule has 1 N–H and O–H groups in total. The average Bonchev–Trinajstić information content (AvgIpc) is 2.82. The average molecular weight is 471 g/mol. The number of hydrogen-bond acceptors (Lipinski definition) is 10. The Bertz CT molecular complexity index is 1050. The van der Waals surface area contributed by atoms with Crippen molar-refractivity contribution in [3.8, 4) is 0 Å². The predicted octanol–water partition coefficient (Wildman–Crippen LogP) is 3.90. The van der Waals surface area contributed by atoms with E-state index in [1.807, 2.05) is 0 Å². The molecule has 0 heterocycles. The number of azo groups is 1. The van der Waals surface area contributed by atoms with Crippen LogP contribution in [0.4, 0.5) is 28.4 Å². The summed E-state index contributed by atoms with van der Waals surface area (Å²) in [5.74, 6) is -1.16. The number of esters is 2. The first kappa shape index (κ1) is 25.9. The molecule has 0 aliphatic heterocycles. The second-order valence-corrected chi connectivity index (χ2v) is 7.00. The Balaban J connectivity index is 2.32. The molecule has 34 heavy (non-hydrogen) atoms. The van der Waals surface area contributed by atoms with Gasteiger partial charge in [0.1, 0.15) is 0 Å². The third kappa shape index (κ3) is 7.97. The van der Waals surface area contributed by atoms with Gasteiger partial charge in [-0.05, 0) is 30.3 Å². The predicted molar refractivity (Wildman–Crippen MR) is 123 cm³/mol. The lowest BCUT2D eigenvalue weighted by atomic mass is 10.2. The minimum Gasteiger partial charge on any atom is -0.469 e. The smallest absolute Gasteiger partial charge is 0.307 e. The summed E-state index contributed by atoms with van der Waals surface area (Å²) >= 11 is 0. The summed E-state index contributed by atoms with van der Waals surface area (Å²) in [6, 6.07) is 10.5. The molecule has 2 aromatic rings. The van der Waals surface area contributed by atoms with Crippen molar-refractivity contribution in [2.45, 2.75) is 19.8 Å². The molecule has 12 heteroatoms. The van der Waals surface area contributed by atoms with Crippen molar-refractivity contribution in [1.82, 2.24) is 0 Å². The van der Waals surface area contributed by atoms with E-state index in [0.29, 0.717) is 22.7 Å². The highest BCUT2D eigenvalue weighted by atomic mass is 16.6. The second kappa shape index (κ2) is 12.6. The monoisotopic (exact) mass is 471 g/mol. The number of nitro groups is 1. The maximum Gasteiger partial charge on any atom is 0.307 e. The van der Waals surface area contributed by atoms with Crippen molar-refractivity contribution in [3.05, 3.63) is 52.6 Å². The van der Waals surface area contributed by atoms with E-state index in [1.54, 1.807) is 23.1 Å². The van der Waals surface area contributed by atoms with Crippen LogP contribution in [0.3, 0.4) is 0 Å². The molecule has 0 atom stereocenters. The van der Waals surface area contributed by atoms with Gasteiger partial charge in [-0.3, -0.25) is 24.5 Å². The molecule has 0 spiro atoms. The fourth-order valence-corrected chi connectivity index (χ4v) is 2.92. The Morgan fingerprint density at radius 2 is 1.47 bits per heavy atom. The molecule has 2 aromatic carbocycles. The summed E-state index contributed by atoms with van der Waals surface area (Å²) in [5.41, 5.74) is 1.73. The molecule has 180 valence electrons. The number of anilines is 2. The molecule has 0 saturated heterocycles. The van der Waals surface area contributed by atoms with Crippen LogP contribution in [0.1, 0.15) is 19.8 Å². The molecule has 0 unspecified atom stereocenters. The molecule has 0 aliphatic rings. The number of ether oxygens (including phenoxy) is 2. The fraction of sp³-hybridized carbons (Fsp3) is 0.318. The Kier molecular flexibility index (Phi) is 9.62. The zero-order valence-electron chi connectivity index (χ0n) is 19.0. The van der Waals surface area contributed by atoms with E-state index in [4.69, 9.17) is 9.47 Å². The van der Waals surface area contributed by atoms with Gasteiger partial charge >= 0.3 is 11.9 Å². The number of rotatable bonds is 11. The molecule has 0 bridgehead atoms. The summed E-state index contributed by atoms with van der Waals surface area (Å²) in [6.45, 7) is 1.82. The van der Waals surface area contributed by atoms with E-state index in [-0.39, 0.29) is 37.5 Å². The summed E-state index contributed by atoms with van der Waals surface area (Å²) in [5, 5.41) is 21.7. The Labute approximate surface area is 195 Å². The van der Waals surface area contributed by atoms with Gasteiger partial charge in [-0.1, -0.05) is 0 Å². The third-order valence-electron chi connectivity index (χ3n) is 4.60. The van der Waals surface area contributed by atoms with Gasteiger partial charge in [-0.15, -0.1) is 0 Å². The van der Waals surface area contributed by atoms with Crippen LogP contribution in [0.5, 0.6) is 0 Å². The molecule has 0 aliphatic carbocycles. The van der Waals surface area contributed by atoms with Crippen molar-refractivity contribution in [3.63, 3.8) is 0 Å². The molecular formula is C22H25N5O7. The van der Waals surface area contributed by atoms with Crippen LogP contribution >= 0.6 is 0 Å². The van der Waals surface area contributed by atoms with Crippen molar-refractivity contribution in [2.24, 2.45) is 10.2 Å². The summed E-state index contributed by atoms with van der Waals surface area (Å²) in [4.78, 5) is 47.1. The zero-order valence-corrected chi connectivity index (χ0v) is 19.0. The number of hydrogen-bond donors (Lipinski definition) is 1. The van der Waals surface area contributed by atoms with E-state index in [2.05, 4.69) is 15.5 Å². The van der Waals surface area contributed by atoms with Crippen LogP contribution in [0.15, 0.2) is 52.7 Å². The lowest BCUT2D eigenvalue weighted by molar-refractivity contribution is -0.384. The van der Waals surface area contributed by atoms with Gasteiger partial charge in [0.15, 0.2) is 0 Å². The van der Waals surface area contributed by atoms with E-state index in [0.717, 1.165) is 0 Å². The van der Waals surface area contributed by atoms with Crippen LogP contribution in [0, 0.1) is 10.1 Å². The highest BCUT2D eigenvalue weighted by molar-refractivity contribution is 5.93. The first-order valence-corrected chi connectivity index (χ1v) is 10.2. The molecule has 0 fully saturated rings. The minimum absolute atomic E-state index is 0.0600. The number of methoxy groups -OCH3 is 2. The zero-order chi connectivity index (χ0) is 25.1. The van der Waals surface area contributed by atoms with Gasteiger partial charge < -0.3 is 19.7 Å². The summed E-state index contributed by atoms with van der Waals surface area (Å²) < 4.78 is 9.40. The number of carbonyl (C=O) groups is 3. The molecule has 0 saturated carbocycles. The van der Waals surface area contributed by atoms with E-state index >= 15 is 0 Å². The van der Waals surface area contributed by atoms with Gasteiger partial charge in [-0.2, -0.15) is 10.2 Å². The van der Waals surface area contributed by atoms with Crippen molar-refractivity contribution in [1.29, 1.82) is 0 Å². The molecule has 0 aromatic heterocycles. The summed E-state index contributed by atoms with van der Waals surface area (Å²) in [7, 11) is 2.57. The number of amides is 1. The number of nitrogens with zero attached hydrogens (tertiary/aromatic N) is 4. The Morgan fingerprint density at radius 3 is 1.97 bits per heavy atom. The lowest BCUT2D eigenvalue weighted by Crippen LogP contribution is -2.30. The fourth-order valence-electron chi connectivity index (χ4n) is 2.92. The van der Waals surface area contributed by atoms with Crippen molar-refractivity contribution >= 4 is 46.3 Å². The lowest BCUT2D eigenvalue weighted by Gasteiger charge is -2.26. The minimum atomic E-state index is -0.508. The number of nitro benzene ring substituents is 1. The molecule has 12 nitrogen and oxygen atoms in total. The third-order valence-corrected chi connectivity index (χ3v) is 4.60. The Morgan fingerprint density at radius 1 is 0.941 bits per heavy atom. The first-order chi connectivity index (χ1) is 16.2. The van der Waals surface area contributed by atoms with Crippen molar-refractivity contribution < 1.29 is 28.8 Å². The SMILES string of the molecule is COC(=O)CCN(CCC(=O)OC)c1ccc(N=Nc2ccc([N+](=O)[O-])cc2)cc1NC(C)=O. The standard InChI is InChI=1S/C22H25N5O7/c1-15(28)23-19-14-17(25-24-16-4-7-18(8-5-16)27(31)32)6-9-20(19)26(12-10-21(29)33-2)13-11-22(30)34-3/h4-9,14H,10-13H2,1-3H3,(H,23,28). The van der Waals surface area contributed by atoms with Gasteiger partial charge in [0.2, 0.25) is 5.91 Å². The maximum absolute atomic E-state index is 11.8.